The number of hydrogen-bond donors (Lipinski definition) is 1. The van der Waals surface area contributed by atoms with Crippen LogP contribution in [0.3, 0.4) is 0 Å². The first-order valence-electron chi connectivity index (χ1n) is 7.19. The zero-order valence-corrected chi connectivity index (χ0v) is 12.2. The number of ether oxygens (including phenoxy) is 1. The van der Waals surface area contributed by atoms with Crippen molar-refractivity contribution in [1.82, 2.24) is 4.90 Å². The highest BCUT2D eigenvalue weighted by molar-refractivity contribution is 5.97. The number of carbonyl (C=O) groups excluding carboxylic acids is 1. The van der Waals surface area contributed by atoms with Crippen LogP contribution in [0.1, 0.15) is 23.4 Å². The van der Waals surface area contributed by atoms with Gasteiger partial charge in [-0.05, 0) is 25.0 Å². The Morgan fingerprint density at radius 2 is 2.23 bits per heavy atom. The van der Waals surface area contributed by atoms with Crippen LogP contribution in [0.4, 0.5) is 0 Å². The fourth-order valence-electron chi connectivity index (χ4n) is 2.82. The Morgan fingerprint density at radius 1 is 1.41 bits per heavy atom. The van der Waals surface area contributed by atoms with Crippen LogP contribution in [0.2, 0.25) is 0 Å². The van der Waals surface area contributed by atoms with E-state index in [0.717, 1.165) is 5.39 Å². The second-order valence-electron chi connectivity index (χ2n) is 5.42. The number of furan rings is 1. The van der Waals surface area contributed by atoms with E-state index in [9.17, 15) is 9.59 Å². The highest BCUT2D eigenvalue weighted by Crippen LogP contribution is 2.29. The molecule has 1 saturated heterocycles. The van der Waals surface area contributed by atoms with Gasteiger partial charge in [0.15, 0.2) is 17.1 Å². The van der Waals surface area contributed by atoms with E-state index >= 15 is 0 Å². The van der Waals surface area contributed by atoms with Crippen molar-refractivity contribution in [3.63, 3.8) is 0 Å². The fourth-order valence-corrected chi connectivity index (χ4v) is 2.82. The molecule has 1 fully saturated rings. The smallest absolute Gasteiger partial charge is 0.308 e. The van der Waals surface area contributed by atoms with Gasteiger partial charge >= 0.3 is 5.97 Å². The predicted molar refractivity (Wildman–Crippen MR) is 79.0 cm³/mol. The molecule has 6 heteroatoms. The summed E-state index contributed by atoms with van der Waals surface area (Å²) >= 11 is 0. The molecule has 1 aliphatic heterocycles. The lowest BCUT2D eigenvalue weighted by molar-refractivity contribution is -0.143. The first-order chi connectivity index (χ1) is 10.6. The van der Waals surface area contributed by atoms with E-state index in [-0.39, 0.29) is 18.2 Å². The van der Waals surface area contributed by atoms with Crippen molar-refractivity contribution in [3.8, 4) is 5.75 Å². The van der Waals surface area contributed by atoms with Crippen LogP contribution in [0.5, 0.6) is 5.75 Å². The predicted octanol–water partition coefficient (Wildman–Crippen LogP) is 2.38. The number of nitrogens with zero attached hydrogens (tertiary/aromatic N) is 1. The highest BCUT2D eigenvalue weighted by Gasteiger charge is 2.30. The topological polar surface area (TPSA) is 80.0 Å². The summed E-state index contributed by atoms with van der Waals surface area (Å²) in [5.41, 5.74) is 0.528. The minimum atomic E-state index is -0.858. The SMILES string of the molecule is COc1cccc2cc(C(=O)N3CCCC(C(=O)O)C3)oc12. The van der Waals surface area contributed by atoms with Crippen LogP contribution in [0.25, 0.3) is 11.0 Å². The van der Waals surface area contributed by atoms with Gasteiger partial charge in [-0.15, -0.1) is 0 Å². The molecule has 1 N–H and O–H groups in total. The third-order valence-electron chi connectivity index (χ3n) is 4.00. The van der Waals surface area contributed by atoms with Crippen molar-refractivity contribution >= 4 is 22.8 Å². The van der Waals surface area contributed by atoms with Gasteiger partial charge in [0.25, 0.3) is 5.91 Å². The Balaban J connectivity index is 1.87. The Kier molecular flexibility index (Phi) is 3.75. The Labute approximate surface area is 127 Å². The third kappa shape index (κ3) is 2.52. The summed E-state index contributed by atoms with van der Waals surface area (Å²) in [5.74, 6) is -0.853. The summed E-state index contributed by atoms with van der Waals surface area (Å²) in [6, 6.07) is 7.10. The van der Waals surface area contributed by atoms with E-state index in [0.29, 0.717) is 30.7 Å². The molecule has 0 radical (unpaired) electrons. The summed E-state index contributed by atoms with van der Waals surface area (Å²) < 4.78 is 10.9. The second kappa shape index (κ2) is 5.71. The molecule has 1 aromatic heterocycles. The quantitative estimate of drug-likeness (QED) is 0.941. The molecular weight excluding hydrogens is 286 g/mol. The summed E-state index contributed by atoms with van der Waals surface area (Å²) in [6.45, 7) is 0.777. The molecule has 2 aromatic rings. The summed E-state index contributed by atoms with van der Waals surface area (Å²) in [4.78, 5) is 25.2. The molecule has 22 heavy (non-hydrogen) atoms. The number of hydrogen-bond acceptors (Lipinski definition) is 4. The number of fused-ring (bicyclic) bond motifs is 1. The lowest BCUT2D eigenvalue weighted by Gasteiger charge is -2.29. The monoisotopic (exact) mass is 303 g/mol. The molecule has 6 nitrogen and oxygen atoms in total. The molecule has 1 aromatic carbocycles. The standard InChI is InChI=1S/C16H17NO5/c1-21-12-6-2-4-10-8-13(22-14(10)12)15(18)17-7-3-5-11(9-17)16(19)20/h2,4,6,8,11H,3,5,7,9H2,1H3,(H,19,20). The average Bonchev–Trinajstić information content (AvgIpc) is 2.98. The average molecular weight is 303 g/mol. The lowest BCUT2D eigenvalue weighted by atomic mass is 9.98. The Morgan fingerprint density at radius 3 is 2.95 bits per heavy atom. The van der Waals surface area contributed by atoms with E-state index in [4.69, 9.17) is 14.3 Å². The molecule has 2 heterocycles. The van der Waals surface area contributed by atoms with Crippen LogP contribution < -0.4 is 4.74 Å². The molecule has 3 rings (SSSR count). The molecule has 116 valence electrons. The molecule has 1 aliphatic rings. The van der Waals surface area contributed by atoms with Gasteiger partial charge < -0.3 is 19.2 Å². The van der Waals surface area contributed by atoms with Crippen molar-refractivity contribution < 1.29 is 23.8 Å². The van der Waals surface area contributed by atoms with Crippen LogP contribution in [-0.2, 0) is 4.79 Å². The van der Waals surface area contributed by atoms with Crippen LogP contribution in [0.15, 0.2) is 28.7 Å². The number of para-hydroxylation sites is 1. The highest BCUT2D eigenvalue weighted by atomic mass is 16.5. The largest absolute Gasteiger partial charge is 0.493 e. The summed E-state index contributed by atoms with van der Waals surface area (Å²) in [7, 11) is 1.54. The maximum Gasteiger partial charge on any atom is 0.308 e. The fraction of sp³-hybridized carbons (Fsp3) is 0.375. The number of carbonyl (C=O) groups is 2. The number of amides is 1. The molecule has 0 spiro atoms. The minimum Gasteiger partial charge on any atom is -0.493 e. The number of piperidine rings is 1. The van der Waals surface area contributed by atoms with Crippen molar-refractivity contribution in [2.24, 2.45) is 5.92 Å². The van der Waals surface area contributed by atoms with Gasteiger partial charge in [-0.1, -0.05) is 12.1 Å². The van der Waals surface area contributed by atoms with Gasteiger partial charge in [0.2, 0.25) is 0 Å². The first-order valence-corrected chi connectivity index (χ1v) is 7.19. The maximum absolute atomic E-state index is 12.5. The van der Waals surface area contributed by atoms with Gasteiger partial charge in [0, 0.05) is 18.5 Å². The maximum atomic E-state index is 12.5. The molecule has 0 saturated carbocycles. The van der Waals surface area contributed by atoms with Crippen molar-refractivity contribution in [2.45, 2.75) is 12.8 Å². The van der Waals surface area contributed by atoms with E-state index in [1.165, 1.54) is 0 Å². The van der Waals surface area contributed by atoms with Gasteiger partial charge in [-0.25, -0.2) is 0 Å². The zero-order chi connectivity index (χ0) is 15.7. The van der Waals surface area contributed by atoms with Crippen LogP contribution >= 0.6 is 0 Å². The lowest BCUT2D eigenvalue weighted by Crippen LogP contribution is -2.42. The van der Waals surface area contributed by atoms with E-state index < -0.39 is 11.9 Å². The third-order valence-corrected chi connectivity index (χ3v) is 4.00. The summed E-state index contributed by atoms with van der Waals surface area (Å²) in [6.07, 6.45) is 1.29. The van der Waals surface area contributed by atoms with Crippen molar-refractivity contribution in [3.05, 3.63) is 30.0 Å². The molecule has 1 unspecified atom stereocenters. The van der Waals surface area contributed by atoms with Gasteiger partial charge in [0.1, 0.15) is 0 Å². The van der Waals surface area contributed by atoms with E-state index in [1.54, 1.807) is 24.1 Å². The Hall–Kier alpha value is -2.50. The number of likely N-dealkylation sites (tertiary alicyclic amines) is 1. The van der Waals surface area contributed by atoms with Gasteiger partial charge in [0.05, 0.1) is 13.0 Å². The Bertz CT molecular complexity index is 720. The molecule has 1 atom stereocenters. The molecule has 0 bridgehead atoms. The molecular formula is C16H17NO5. The van der Waals surface area contributed by atoms with Gasteiger partial charge in [-0.3, -0.25) is 9.59 Å². The van der Waals surface area contributed by atoms with Crippen molar-refractivity contribution in [2.75, 3.05) is 20.2 Å². The van der Waals surface area contributed by atoms with E-state index in [2.05, 4.69) is 0 Å². The first kappa shape index (κ1) is 14.4. The van der Waals surface area contributed by atoms with Gasteiger partial charge in [-0.2, -0.15) is 0 Å². The second-order valence-corrected chi connectivity index (χ2v) is 5.42. The van der Waals surface area contributed by atoms with Crippen LogP contribution in [-0.4, -0.2) is 42.1 Å². The number of benzene rings is 1. The molecule has 0 aliphatic carbocycles. The molecule has 1 amide bonds. The van der Waals surface area contributed by atoms with Crippen LogP contribution in [0, 0.1) is 5.92 Å². The number of rotatable bonds is 3. The number of aliphatic carboxylic acids is 1. The zero-order valence-electron chi connectivity index (χ0n) is 12.2. The summed E-state index contributed by atoms with van der Waals surface area (Å²) in [5, 5.41) is 9.90. The van der Waals surface area contributed by atoms with E-state index in [1.807, 2.05) is 12.1 Å². The number of carboxylic acid groups (broad SMARTS) is 1. The number of carboxylic acids is 1. The normalized spacial score (nSPS) is 18.4. The minimum absolute atomic E-state index is 0.213. The van der Waals surface area contributed by atoms with Crippen molar-refractivity contribution in [1.29, 1.82) is 0 Å². The number of methoxy groups -OCH3 is 1.